The number of hydrogen-bond acceptors (Lipinski definition) is 6. The Labute approximate surface area is 152 Å². The highest BCUT2D eigenvalue weighted by atomic mass is 16.5. The van der Waals surface area contributed by atoms with Crippen LogP contribution < -0.4 is 9.47 Å². The van der Waals surface area contributed by atoms with Gasteiger partial charge in [-0.05, 0) is 56.3 Å². The molecule has 0 atom stereocenters. The lowest BCUT2D eigenvalue weighted by Crippen LogP contribution is -2.12. The van der Waals surface area contributed by atoms with E-state index in [-0.39, 0.29) is 11.9 Å². The van der Waals surface area contributed by atoms with Crippen LogP contribution in [-0.4, -0.2) is 38.4 Å². The van der Waals surface area contributed by atoms with Crippen LogP contribution in [0.1, 0.15) is 34.6 Å². The maximum Gasteiger partial charge on any atom is 0.343 e. The molecule has 0 N–H and O–H groups in total. The normalized spacial score (nSPS) is 10.5. The SMILES string of the molecule is COCCOc1ccc(C(=O)Oc2cccc(C(=O)OC(C)C)c2)cc1. The van der Waals surface area contributed by atoms with Gasteiger partial charge in [-0.2, -0.15) is 0 Å². The largest absolute Gasteiger partial charge is 0.491 e. The van der Waals surface area contributed by atoms with E-state index in [1.54, 1.807) is 63.4 Å². The van der Waals surface area contributed by atoms with Gasteiger partial charge >= 0.3 is 11.9 Å². The molecule has 0 aliphatic rings. The summed E-state index contributed by atoms with van der Waals surface area (Å²) >= 11 is 0. The van der Waals surface area contributed by atoms with Crippen molar-refractivity contribution in [1.29, 1.82) is 0 Å². The highest BCUT2D eigenvalue weighted by molar-refractivity contribution is 5.92. The van der Waals surface area contributed by atoms with Gasteiger partial charge in [-0.3, -0.25) is 0 Å². The molecule has 0 aromatic heterocycles. The molecule has 0 bridgehead atoms. The van der Waals surface area contributed by atoms with Crippen molar-refractivity contribution >= 4 is 11.9 Å². The highest BCUT2D eigenvalue weighted by Gasteiger charge is 2.13. The number of rotatable bonds is 8. The third-order valence-corrected chi connectivity index (χ3v) is 3.27. The van der Waals surface area contributed by atoms with Gasteiger partial charge in [-0.15, -0.1) is 0 Å². The first kappa shape index (κ1) is 19.5. The summed E-state index contributed by atoms with van der Waals surface area (Å²) in [5.41, 5.74) is 0.699. The van der Waals surface area contributed by atoms with Crippen LogP contribution in [0.4, 0.5) is 0 Å². The number of benzene rings is 2. The molecule has 6 nitrogen and oxygen atoms in total. The van der Waals surface area contributed by atoms with E-state index in [9.17, 15) is 9.59 Å². The molecule has 26 heavy (non-hydrogen) atoms. The Kier molecular flexibility index (Phi) is 7.17. The zero-order valence-corrected chi connectivity index (χ0v) is 15.1. The molecular formula is C20H22O6. The average Bonchev–Trinajstić information content (AvgIpc) is 2.62. The molecule has 0 spiro atoms. The van der Waals surface area contributed by atoms with Crippen LogP contribution in [0.2, 0.25) is 0 Å². The van der Waals surface area contributed by atoms with Crippen LogP contribution in [0.25, 0.3) is 0 Å². The molecule has 6 heteroatoms. The quantitative estimate of drug-likeness (QED) is 0.409. The summed E-state index contributed by atoms with van der Waals surface area (Å²) in [5, 5.41) is 0. The lowest BCUT2D eigenvalue weighted by Gasteiger charge is -2.10. The Morgan fingerprint density at radius 3 is 2.27 bits per heavy atom. The van der Waals surface area contributed by atoms with Gasteiger partial charge in [0.25, 0.3) is 0 Å². The lowest BCUT2D eigenvalue weighted by molar-refractivity contribution is 0.0376. The number of ether oxygens (including phenoxy) is 4. The monoisotopic (exact) mass is 358 g/mol. The van der Waals surface area contributed by atoms with Crippen LogP contribution in [0, 0.1) is 0 Å². The standard InChI is InChI=1S/C20H22O6/c1-14(2)25-20(22)16-5-4-6-18(13-16)26-19(21)15-7-9-17(10-8-15)24-12-11-23-3/h4-10,13-14H,11-12H2,1-3H3. The van der Waals surface area contributed by atoms with Crippen molar-refractivity contribution in [2.75, 3.05) is 20.3 Å². The molecule has 0 unspecified atom stereocenters. The van der Waals surface area contributed by atoms with Crippen molar-refractivity contribution in [1.82, 2.24) is 0 Å². The number of esters is 2. The minimum atomic E-state index is -0.525. The summed E-state index contributed by atoms with van der Waals surface area (Å²) in [6.07, 6.45) is -0.224. The van der Waals surface area contributed by atoms with Crippen LogP contribution >= 0.6 is 0 Å². The molecular weight excluding hydrogens is 336 g/mol. The number of hydrogen-bond donors (Lipinski definition) is 0. The van der Waals surface area contributed by atoms with Gasteiger partial charge in [0.05, 0.1) is 23.8 Å². The second kappa shape index (κ2) is 9.58. The molecule has 0 amide bonds. The van der Waals surface area contributed by atoms with E-state index in [2.05, 4.69) is 0 Å². The van der Waals surface area contributed by atoms with Crippen molar-refractivity contribution in [3.05, 3.63) is 59.7 Å². The number of carbonyl (C=O) groups is 2. The zero-order valence-electron chi connectivity index (χ0n) is 15.1. The summed E-state index contributed by atoms with van der Waals surface area (Å²) in [6, 6.07) is 12.9. The molecule has 0 saturated carbocycles. The minimum Gasteiger partial charge on any atom is -0.491 e. The molecule has 0 fully saturated rings. The van der Waals surface area contributed by atoms with E-state index in [4.69, 9.17) is 18.9 Å². The average molecular weight is 358 g/mol. The molecule has 138 valence electrons. The number of methoxy groups -OCH3 is 1. The van der Waals surface area contributed by atoms with Crippen molar-refractivity contribution in [2.24, 2.45) is 0 Å². The first-order valence-corrected chi connectivity index (χ1v) is 8.24. The van der Waals surface area contributed by atoms with Crippen LogP contribution in [0.5, 0.6) is 11.5 Å². The van der Waals surface area contributed by atoms with Crippen LogP contribution in [0.15, 0.2) is 48.5 Å². The van der Waals surface area contributed by atoms with E-state index < -0.39 is 11.9 Å². The predicted octanol–water partition coefficient (Wildman–Crippen LogP) is 3.50. The fourth-order valence-corrected chi connectivity index (χ4v) is 2.06. The Morgan fingerprint density at radius 1 is 0.885 bits per heavy atom. The van der Waals surface area contributed by atoms with Crippen molar-refractivity contribution in [3.63, 3.8) is 0 Å². The summed E-state index contributed by atoms with van der Waals surface area (Å²) in [5.74, 6) is -0.0797. The van der Waals surface area contributed by atoms with Gasteiger partial charge in [0, 0.05) is 7.11 Å². The fraction of sp³-hybridized carbons (Fsp3) is 0.300. The van der Waals surface area contributed by atoms with Gasteiger partial charge in [0.15, 0.2) is 0 Å². The van der Waals surface area contributed by atoms with E-state index >= 15 is 0 Å². The Bertz CT molecular complexity index is 736. The minimum absolute atomic E-state index is 0.224. The van der Waals surface area contributed by atoms with E-state index in [1.807, 2.05) is 0 Å². The summed E-state index contributed by atoms with van der Waals surface area (Å²) in [7, 11) is 1.60. The van der Waals surface area contributed by atoms with E-state index in [1.165, 1.54) is 6.07 Å². The Hall–Kier alpha value is -2.86. The summed E-state index contributed by atoms with van der Waals surface area (Å²) in [4.78, 5) is 24.2. The maximum absolute atomic E-state index is 12.2. The van der Waals surface area contributed by atoms with Crippen molar-refractivity contribution in [3.8, 4) is 11.5 Å². The number of carbonyl (C=O) groups excluding carboxylic acids is 2. The third-order valence-electron chi connectivity index (χ3n) is 3.27. The molecule has 2 aromatic rings. The molecule has 0 radical (unpaired) electrons. The molecule has 0 aliphatic heterocycles. The Morgan fingerprint density at radius 2 is 1.62 bits per heavy atom. The molecule has 0 aliphatic carbocycles. The van der Waals surface area contributed by atoms with Gasteiger partial charge in [0.1, 0.15) is 18.1 Å². The molecule has 2 rings (SSSR count). The smallest absolute Gasteiger partial charge is 0.343 e. The predicted molar refractivity (Wildman–Crippen MR) is 95.8 cm³/mol. The summed E-state index contributed by atoms with van der Waals surface area (Å²) < 4.78 is 20.8. The van der Waals surface area contributed by atoms with Gasteiger partial charge in [0.2, 0.25) is 0 Å². The van der Waals surface area contributed by atoms with Crippen molar-refractivity contribution in [2.45, 2.75) is 20.0 Å². The van der Waals surface area contributed by atoms with E-state index in [0.29, 0.717) is 30.1 Å². The van der Waals surface area contributed by atoms with Gasteiger partial charge in [-0.1, -0.05) is 6.07 Å². The van der Waals surface area contributed by atoms with E-state index in [0.717, 1.165) is 0 Å². The first-order chi connectivity index (χ1) is 12.5. The van der Waals surface area contributed by atoms with Crippen LogP contribution in [-0.2, 0) is 9.47 Å². The zero-order chi connectivity index (χ0) is 18.9. The molecule has 2 aromatic carbocycles. The highest BCUT2D eigenvalue weighted by Crippen LogP contribution is 2.18. The second-order valence-corrected chi connectivity index (χ2v) is 5.74. The van der Waals surface area contributed by atoms with Crippen molar-refractivity contribution < 1.29 is 28.5 Å². The molecule has 0 saturated heterocycles. The topological polar surface area (TPSA) is 71.1 Å². The van der Waals surface area contributed by atoms with Crippen LogP contribution in [0.3, 0.4) is 0 Å². The fourth-order valence-electron chi connectivity index (χ4n) is 2.06. The van der Waals surface area contributed by atoms with Gasteiger partial charge < -0.3 is 18.9 Å². The summed E-state index contributed by atoms with van der Waals surface area (Å²) in [6.45, 7) is 4.45. The third kappa shape index (κ3) is 5.89. The first-order valence-electron chi connectivity index (χ1n) is 8.24. The Balaban J connectivity index is 2.00. The maximum atomic E-state index is 12.2. The molecule has 0 heterocycles. The lowest BCUT2D eigenvalue weighted by atomic mass is 10.2. The van der Waals surface area contributed by atoms with Gasteiger partial charge in [-0.25, -0.2) is 9.59 Å². The second-order valence-electron chi connectivity index (χ2n) is 5.74.